The summed E-state index contributed by atoms with van der Waals surface area (Å²) in [5, 5.41) is 3.30. The lowest BCUT2D eigenvalue weighted by atomic mass is 9.77. The molecule has 70 valence electrons. The lowest BCUT2D eigenvalue weighted by molar-refractivity contribution is 0.304. The summed E-state index contributed by atoms with van der Waals surface area (Å²) in [5.74, 6) is 0.950. The van der Waals surface area contributed by atoms with Crippen LogP contribution in [0.2, 0.25) is 0 Å². The van der Waals surface area contributed by atoms with Gasteiger partial charge in [0.2, 0.25) is 0 Å². The molecule has 0 aromatic heterocycles. The number of ether oxygens (including phenoxy) is 1. The summed E-state index contributed by atoms with van der Waals surface area (Å²) in [5.41, 5.74) is 1.68. The van der Waals surface area contributed by atoms with Crippen molar-refractivity contribution in [2.45, 2.75) is 12.3 Å². The van der Waals surface area contributed by atoms with Crippen molar-refractivity contribution >= 4 is 0 Å². The zero-order chi connectivity index (χ0) is 9.31. The Morgan fingerprint density at radius 2 is 2.15 bits per heavy atom. The molecular formula is C11H15NO. The first kappa shape index (κ1) is 8.57. The van der Waals surface area contributed by atoms with Crippen molar-refractivity contribution in [3.05, 3.63) is 29.8 Å². The third kappa shape index (κ3) is 1.42. The highest BCUT2D eigenvalue weighted by Crippen LogP contribution is 2.29. The van der Waals surface area contributed by atoms with Crippen LogP contribution < -0.4 is 10.1 Å². The van der Waals surface area contributed by atoms with Crippen molar-refractivity contribution in [3.8, 4) is 5.75 Å². The molecule has 0 radical (unpaired) electrons. The van der Waals surface area contributed by atoms with Crippen LogP contribution in [0.3, 0.4) is 0 Å². The second-order valence-electron chi connectivity index (χ2n) is 3.90. The van der Waals surface area contributed by atoms with Crippen LogP contribution in [0.1, 0.15) is 12.5 Å². The highest BCUT2D eigenvalue weighted by molar-refractivity contribution is 5.35. The molecule has 13 heavy (non-hydrogen) atoms. The minimum Gasteiger partial charge on any atom is -0.497 e. The highest BCUT2D eigenvalue weighted by atomic mass is 16.5. The predicted octanol–water partition coefficient (Wildman–Crippen LogP) is 1.56. The van der Waals surface area contributed by atoms with Crippen LogP contribution in [-0.2, 0) is 5.41 Å². The van der Waals surface area contributed by atoms with Crippen LogP contribution in [0.25, 0.3) is 0 Å². The summed E-state index contributed by atoms with van der Waals surface area (Å²) < 4.78 is 5.20. The average Bonchev–Trinajstić information content (AvgIpc) is 2.14. The smallest absolute Gasteiger partial charge is 0.119 e. The Morgan fingerprint density at radius 1 is 1.38 bits per heavy atom. The van der Waals surface area contributed by atoms with E-state index in [1.165, 1.54) is 5.56 Å². The molecule has 0 saturated carbocycles. The molecule has 1 heterocycles. The third-order valence-corrected chi connectivity index (χ3v) is 2.80. The lowest BCUT2D eigenvalue weighted by Gasteiger charge is -2.40. The van der Waals surface area contributed by atoms with Crippen molar-refractivity contribution in [1.29, 1.82) is 0 Å². The van der Waals surface area contributed by atoms with Gasteiger partial charge >= 0.3 is 0 Å². The number of hydrogen-bond acceptors (Lipinski definition) is 2. The fourth-order valence-corrected chi connectivity index (χ4v) is 1.70. The van der Waals surface area contributed by atoms with E-state index in [1.807, 2.05) is 6.07 Å². The van der Waals surface area contributed by atoms with Gasteiger partial charge in [-0.2, -0.15) is 0 Å². The molecule has 1 aromatic carbocycles. The Kier molecular flexibility index (Phi) is 2.00. The van der Waals surface area contributed by atoms with E-state index in [1.54, 1.807) is 7.11 Å². The summed E-state index contributed by atoms with van der Waals surface area (Å²) in [6.45, 7) is 4.42. The van der Waals surface area contributed by atoms with Gasteiger partial charge < -0.3 is 10.1 Å². The Bertz CT molecular complexity index is 305. The minimum absolute atomic E-state index is 0.314. The van der Waals surface area contributed by atoms with Crippen LogP contribution in [0, 0.1) is 0 Å². The van der Waals surface area contributed by atoms with Crippen molar-refractivity contribution in [1.82, 2.24) is 5.32 Å². The fourth-order valence-electron chi connectivity index (χ4n) is 1.70. The van der Waals surface area contributed by atoms with Gasteiger partial charge in [0.15, 0.2) is 0 Å². The molecule has 0 atom stereocenters. The van der Waals surface area contributed by atoms with E-state index >= 15 is 0 Å². The molecule has 1 fully saturated rings. The van der Waals surface area contributed by atoms with Gasteiger partial charge in [0.05, 0.1) is 7.11 Å². The maximum atomic E-state index is 5.20. The predicted molar refractivity (Wildman–Crippen MR) is 53.2 cm³/mol. The van der Waals surface area contributed by atoms with E-state index in [0.29, 0.717) is 5.41 Å². The molecule has 1 aliphatic rings. The van der Waals surface area contributed by atoms with Crippen molar-refractivity contribution in [2.24, 2.45) is 0 Å². The van der Waals surface area contributed by atoms with Crippen LogP contribution in [0.5, 0.6) is 5.75 Å². The first-order valence-electron chi connectivity index (χ1n) is 4.60. The second-order valence-corrected chi connectivity index (χ2v) is 3.90. The zero-order valence-corrected chi connectivity index (χ0v) is 8.13. The Labute approximate surface area is 78.9 Å². The van der Waals surface area contributed by atoms with Crippen molar-refractivity contribution < 1.29 is 4.74 Å². The largest absolute Gasteiger partial charge is 0.497 e. The van der Waals surface area contributed by atoms with Crippen molar-refractivity contribution in [2.75, 3.05) is 20.2 Å². The first-order valence-corrected chi connectivity index (χ1v) is 4.60. The van der Waals surface area contributed by atoms with Gasteiger partial charge in [-0.05, 0) is 17.7 Å². The maximum Gasteiger partial charge on any atom is 0.119 e. The van der Waals surface area contributed by atoms with E-state index in [9.17, 15) is 0 Å². The Balaban J connectivity index is 2.29. The highest BCUT2D eigenvalue weighted by Gasteiger charge is 2.33. The third-order valence-electron chi connectivity index (χ3n) is 2.80. The molecule has 2 heteroatoms. The van der Waals surface area contributed by atoms with Gasteiger partial charge in [0.25, 0.3) is 0 Å². The molecule has 0 aliphatic carbocycles. The standard InChI is InChI=1S/C11H15NO/c1-11(7-12-8-11)9-4-3-5-10(6-9)13-2/h3-6,12H,7-8H2,1-2H3. The Hall–Kier alpha value is -1.02. The van der Waals surface area contributed by atoms with Gasteiger partial charge in [-0.3, -0.25) is 0 Å². The lowest BCUT2D eigenvalue weighted by Crippen LogP contribution is -2.54. The SMILES string of the molecule is COc1cccc(C2(C)CNC2)c1. The van der Waals surface area contributed by atoms with Gasteiger partial charge in [-0.15, -0.1) is 0 Å². The van der Waals surface area contributed by atoms with E-state index < -0.39 is 0 Å². The minimum atomic E-state index is 0.314. The van der Waals surface area contributed by atoms with Gasteiger partial charge in [-0.25, -0.2) is 0 Å². The summed E-state index contributed by atoms with van der Waals surface area (Å²) in [6.07, 6.45) is 0. The molecule has 0 bridgehead atoms. The van der Waals surface area contributed by atoms with Gasteiger partial charge in [0.1, 0.15) is 5.75 Å². The van der Waals surface area contributed by atoms with Crippen LogP contribution >= 0.6 is 0 Å². The topological polar surface area (TPSA) is 21.3 Å². The second kappa shape index (κ2) is 3.04. The number of methoxy groups -OCH3 is 1. The summed E-state index contributed by atoms with van der Waals surface area (Å²) in [7, 11) is 1.71. The molecule has 1 aliphatic heterocycles. The van der Waals surface area contributed by atoms with Gasteiger partial charge in [0, 0.05) is 18.5 Å². The molecule has 2 nitrogen and oxygen atoms in total. The number of hydrogen-bond donors (Lipinski definition) is 1. The monoisotopic (exact) mass is 177 g/mol. The fraction of sp³-hybridized carbons (Fsp3) is 0.455. The summed E-state index contributed by atoms with van der Waals surface area (Å²) in [4.78, 5) is 0. The molecule has 1 aromatic rings. The molecule has 1 N–H and O–H groups in total. The number of rotatable bonds is 2. The Morgan fingerprint density at radius 3 is 2.69 bits per heavy atom. The molecule has 0 amide bonds. The average molecular weight is 177 g/mol. The molecule has 2 rings (SSSR count). The van der Waals surface area contributed by atoms with Crippen LogP contribution in [-0.4, -0.2) is 20.2 Å². The quantitative estimate of drug-likeness (QED) is 0.740. The number of nitrogens with one attached hydrogen (secondary N) is 1. The first-order chi connectivity index (χ1) is 6.24. The van der Waals surface area contributed by atoms with E-state index in [-0.39, 0.29) is 0 Å². The normalized spacial score (nSPS) is 19.2. The van der Waals surface area contributed by atoms with Crippen LogP contribution in [0.4, 0.5) is 0 Å². The zero-order valence-electron chi connectivity index (χ0n) is 8.13. The van der Waals surface area contributed by atoms with E-state index in [0.717, 1.165) is 18.8 Å². The van der Waals surface area contributed by atoms with E-state index in [2.05, 4.69) is 30.4 Å². The van der Waals surface area contributed by atoms with Crippen molar-refractivity contribution in [3.63, 3.8) is 0 Å². The maximum absolute atomic E-state index is 5.20. The van der Waals surface area contributed by atoms with E-state index in [4.69, 9.17) is 4.74 Å². The molecule has 1 saturated heterocycles. The number of benzene rings is 1. The van der Waals surface area contributed by atoms with Crippen LogP contribution in [0.15, 0.2) is 24.3 Å². The molecule has 0 spiro atoms. The summed E-state index contributed by atoms with van der Waals surface area (Å²) >= 11 is 0. The summed E-state index contributed by atoms with van der Waals surface area (Å²) in [6, 6.07) is 8.33. The molecule has 0 unspecified atom stereocenters. The molecular weight excluding hydrogens is 162 g/mol. The van der Waals surface area contributed by atoms with Gasteiger partial charge in [-0.1, -0.05) is 19.1 Å².